The van der Waals surface area contributed by atoms with Gasteiger partial charge in [-0.3, -0.25) is 0 Å². The number of halogens is 2. The Morgan fingerprint density at radius 3 is 2.71 bits per heavy atom. The highest BCUT2D eigenvalue weighted by Crippen LogP contribution is 2.25. The Kier molecular flexibility index (Phi) is 5.22. The molecule has 0 amide bonds. The molecule has 0 aliphatic rings. The van der Waals surface area contributed by atoms with Crippen LogP contribution in [0.1, 0.15) is 24.6 Å². The number of rotatable bonds is 6. The summed E-state index contributed by atoms with van der Waals surface area (Å²) in [5.41, 5.74) is 1.85. The lowest BCUT2D eigenvalue weighted by atomic mass is 10.2. The van der Waals surface area contributed by atoms with E-state index in [0.29, 0.717) is 0 Å². The van der Waals surface area contributed by atoms with Gasteiger partial charge < -0.3 is 10.1 Å². The molecule has 112 valence electrons. The number of nitrogens with one attached hydrogen (secondary N) is 1. The van der Waals surface area contributed by atoms with Gasteiger partial charge in [-0.05, 0) is 37.6 Å². The number of nitrogens with zero attached hydrogens (tertiary/aromatic N) is 1. The molecule has 5 heteroatoms. The van der Waals surface area contributed by atoms with Crippen LogP contribution in [0.25, 0.3) is 0 Å². The predicted molar refractivity (Wildman–Crippen MR) is 77.4 cm³/mol. The Morgan fingerprint density at radius 1 is 1.19 bits per heavy atom. The smallest absolute Gasteiger partial charge is 0.219 e. The molecule has 1 heterocycles. The minimum Gasteiger partial charge on any atom is -0.436 e. The van der Waals surface area contributed by atoms with E-state index in [2.05, 4.69) is 17.2 Å². The highest BCUT2D eigenvalue weighted by atomic mass is 19.2. The van der Waals surface area contributed by atoms with Crippen molar-refractivity contribution in [3.05, 3.63) is 53.2 Å². The third-order valence-electron chi connectivity index (χ3n) is 3.04. The fourth-order valence-corrected chi connectivity index (χ4v) is 1.89. The first-order valence-corrected chi connectivity index (χ1v) is 6.91. The highest BCUT2D eigenvalue weighted by Gasteiger charge is 2.11. The van der Waals surface area contributed by atoms with E-state index in [1.54, 1.807) is 6.07 Å². The van der Waals surface area contributed by atoms with Gasteiger partial charge in [0.1, 0.15) is 0 Å². The molecule has 1 aromatic heterocycles. The van der Waals surface area contributed by atoms with Gasteiger partial charge >= 0.3 is 0 Å². The van der Waals surface area contributed by atoms with E-state index in [4.69, 9.17) is 4.74 Å². The van der Waals surface area contributed by atoms with Gasteiger partial charge in [0.25, 0.3) is 0 Å². The molecule has 0 bridgehead atoms. The lowest BCUT2D eigenvalue weighted by molar-refractivity contribution is 0.404. The topological polar surface area (TPSA) is 34.1 Å². The maximum absolute atomic E-state index is 13.5. The maximum atomic E-state index is 13.5. The Labute approximate surface area is 123 Å². The first-order valence-electron chi connectivity index (χ1n) is 6.91. The summed E-state index contributed by atoms with van der Waals surface area (Å²) in [5.74, 6) is -1.87. The molecule has 0 saturated heterocycles. The zero-order valence-corrected chi connectivity index (χ0v) is 12.1. The number of hydrogen-bond acceptors (Lipinski definition) is 3. The van der Waals surface area contributed by atoms with Crippen molar-refractivity contribution in [3.63, 3.8) is 0 Å². The van der Waals surface area contributed by atoms with Crippen LogP contribution in [0.4, 0.5) is 8.78 Å². The third kappa shape index (κ3) is 3.98. The molecule has 0 unspecified atom stereocenters. The number of hydrogen-bond donors (Lipinski definition) is 1. The molecule has 0 spiro atoms. The average molecular weight is 292 g/mol. The van der Waals surface area contributed by atoms with E-state index in [0.717, 1.165) is 36.8 Å². The van der Waals surface area contributed by atoms with Crippen LogP contribution in [0, 0.1) is 18.6 Å². The van der Waals surface area contributed by atoms with Crippen LogP contribution in [0.5, 0.6) is 11.6 Å². The number of benzene rings is 1. The molecular weight excluding hydrogens is 274 g/mol. The van der Waals surface area contributed by atoms with Gasteiger partial charge in [0.2, 0.25) is 11.7 Å². The summed E-state index contributed by atoms with van der Waals surface area (Å²) in [6.07, 6.45) is 1.06. The largest absolute Gasteiger partial charge is 0.436 e. The Bertz CT molecular complexity index is 617. The van der Waals surface area contributed by atoms with Crippen LogP contribution in [-0.4, -0.2) is 11.5 Å². The molecule has 0 fully saturated rings. The predicted octanol–water partition coefficient (Wildman–Crippen LogP) is 3.96. The Morgan fingerprint density at radius 2 is 2.00 bits per heavy atom. The summed E-state index contributed by atoms with van der Waals surface area (Å²) in [6, 6.07) is 7.33. The standard InChI is InChI=1S/C16H18F2N2O/c1-3-9-19-10-12-7-8-15(20-11(12)2)21-14-6-4-5-13(17)16(14)18/h4-8,19H,3,9-10H2,1-2H3. The summed E-state index contributed by atoms with van der Waals surface area (Å²) in [6.45, 7) is 5.62. The van der Waals surface area contributed by atoms with Crippen LogP contribution < -0.4 is 10.1 Å². The second-order valence-electron chi connectivity index (χ2n) is 4.72. The van der Waals surface area contributed by atoms with Crippen LogP contribution in [0.2, 0.25) is 0 Å². The van der Waals surface area contributed by atoms with E-state index in [9.17, 15) is 8.78 Å². The molecule has 1 N–H and O–H groups in total. The Hall–Kier alpha value is -2.01. The molecule has 2 aromatic rings. The summed E-state index contributed by atoms with van der Waals surface area (Å²) in [4.78, 5) is 4.27. The second kappa shape index (κ2) is 7.13. The minimum absolute atomic E-state index is 0.168. The van der Waals surface area contributed by atoms with Crippen LogP contribution in [0.3, 0.4) is 0 Å². The van der Waals surface area contributed by atoms with Crippen molar-refractivity contribution in [1.29, 1.82) is 0 Å². The number of pyridine rings is 1. The van der Waals surface area contributed by atoms with Crippen LogP contribution >= 0.6 is 0 Å². The van der Waals surface area contributed by atoms with Crippen LogP contribution in [-0.2, 0) is 6.54 Å². The first kappa shape index (κ1) is 15.4. The molecule has 1 aromatic carbocycles. The molecule has 3 nitrogen and oxygen atoms in total. The molecule has 0 radical (unpaired) electrons. The number of aryl methyl sites for hydroxylation is 1. The fourth-order valence-electron chi connectivity index (χ4n) is 1.89. The van der Waals surface area contributed by atoms with E-state index in [-0.39, 0.29) is 11.6 Å². The van der Waals surface area contributed by atoms with Crippen molar-refractivity contribution < 1.29 is 13.5 Å². The quantitative estimate of drug-likeness (QED) is 0.818. The van der Waals surface area contributed by atoms with Gasteiger partial charge in [-0.15, -0.1) is 0 Å². The lowest BCUT2D eigenvalue weighted by Gasteiger charge is -2.10. The van der Waals surface area contributed by atoms with Gasteiger partial charge in [0.05, 0.1) is 0 Å². The van der Waals surface area contributed by atoms with E-state index in [1.165, 1.54) is 12.1 Å². The van der Waals surface area contributed by atoms with Crippen molar-refractivity contribution in [3.8, 4) is 11.6 Å². The maximum Gasteiger partial charge on any atom is 0.219 e. The monoisotopic (exact) mass is 292 g/mol. The molecule has 0 saturated carbocycles. The first-order chi connectivity index (χ1) is 10.1. The zero-order valence-electron chi connectivity index (χ0n) is 12.1. The molecule has 0 aliphatic heterocycles. The SMILES string of the molecule is CCCNCc1ccc(Oc2cccc(F)c2F)nc1C. The minimum atomic E-state index is -1.01. The van der Waals surface area contributed by atoms with Crippen molar-refractivity contribution in [2.24, 2.45) is 0 Å². The third-order valence-corrected chi connectivity index (χ3v) is 3.04. The van der Waals surface area contributed by atoms with Gasteiger partial charge in [-0.1, -0.05) is 19.1 Å². The summed E-state index contributed by atoms with van der Waals surface area (Å²) in [5, 5.41) is 3.29. The molecule has 2 rings (SSSR count). The molecular formula is C16H18F2N2O. The van der Waals surface area contributed by atoms with Crippen LogP contribution in [0.15, 0.2) is 30.3 Å². The molecule has 0 atom stereocenters. The summed E-state index contributed by atoms with van der Waals surface area (Å²) in [7, 11) is 0. The van der Waals surface area contributed by atoms with Crippen molar-refractivity contribution >= 4 is 0 Å². The van der Waals surface area contributed by atoms with Gasteiger partial charge in [0.15, 0.2) is 11.6 Å². The van der Waals surface area contributed by atoms with Crippen molar-refractivity contribution in [1.82, 2.24) is 10.3 Å². The normalized spacial score (nSPS) is 10.7. The van der Waals surface area contributed by atoms with Crippen molar-refractivity contribution in [2.45, 2.75) is 26.8 Å². The van der Waals surface area contributed by atoms with Gasteiger partial charge in [-0.25, -0.2) is 9.37 Å². The zero-order chi connectivity index (χ0) is 15.2. The molecule has 0 aliphatic carbocycles. The second-order valence-corrected chi connectivity index (χ2v) is 4.72. The highest BCUT2D eigenvalue weighted by molar-refractivity contribution is 5.31. The van der Waals surface area contributed by atoms with E-state index in [1.807, 2.05) is 13.0 Å². The Balaban J connectivity index is 2.11. The van der Waals surface area contributed by atoms with Gasteiger partial charge in [-0.2, -0.15) is 4.39 Å². The van der Waals surface area contributed by atoms with Crippen molar-refractivity contribution in [2.75, 3.05) is 6.54 Å². The lowest BCUT2D eigenvalue weighted by Crippen LogP contribution is -2.15. The van der Waals surface area contributed by atoms with E-state index < -0.39 is 11.6 Å². The van der Waals surface area contributed by atoms with Gasteiger partial charge in [0, 0.05) is 18.3 Å². The molecule has 21 heavy (non-hydrogen) atoms. The van der Waals surface area contributed by atoms with E-state index >= 15 is 0 Å². The number of aromatic nitrogens is 1. The fraction of sp³-hybridized carbons (Fsp3) is 0.312. The average Bonchev–Trinajstić information content (AvgIpc) is 2.46. The summed E-state index contributed by atoms with van der Waals surface area (Å²) >= 11 is 0. The number of ether oxygens (including phenoxy) is 1. The summed E-state index contributed by atoms with van der Waals surface area (Å²) < 4.78 is 32.0.